The van der Waals surface area contributed by atoms with Crippen LogP contribution < -0.4 is 5.73 Å². The Morgan fingerprint density at radius 2 is 1.64 bits per heavy atom. The molecule has 11 heavy (non-hydrogen) atoms. The van der Waals surface area contributed by atoms with Gasteiger partial charge in [-0.2, -0.15) is 0 Å². The van der Waals surface area contributed by atoms with Crippen molar-refractivity contribution in [2.24, 2.45) is 5.73 Å². The van der Waals surface area contributed by atoms with E-state index in [0.717, 1.165) is 12.8 Å². The molecular weight excluding hydrogens is 189 g/mol. The zero-order valence-corrected chi connectivity index (χ0v) is 7.71. The Kier molecular flexibility index (Phi) is 5.93. The number of nitrogens with two attached hydrogens (primary N) is 1. The molecule has 0 amide bonds. The number of carboxylic acids is 1. The molecule has 5 heteroatoms. The minimum Gasteiger partial charge on any atom is -0.480 e. The van der Waals surface area contributed by atoms with Gasteiger partial charge in [0.15, 0.2) is 0 Å². The number of aliphatic carboxylic acids is 1. The number of rotatable bonds is 1. The SMILES string of the molecule is Cl.Cl.NC1(C(=O)O)CCCC1. The molecule has 1 aliphatic carbocycles. The predicted molar refractivity (Wildman–Crippen MR) is 47.5 cm³/mol. The number of halogens is 2. The van der Waals surface area contributed by atoms with Crippen LogP contribution in [-0.2, 0) is 4.79 Å². The summed E-state index contributed by atoms with van der Waals surface area (Å²) in [5, 5.41) is 8.55. The van der Waals surface area contributed by atoms with Gasteiger partial charge in [-0.05, 0) is 12.8 Å². The van der Waals surface area contributed by atoms with E-state index < -0.39 is 11.5 Å². The van der Waals surface area contributed by atoms with Crippen LogP contribution in [0.15, 0.2) is 0 Å². The molecule has 0 spiro atoms. The second-order valence-electron chi connectivity index (χ2n) is 2.67. The van der Waals surface area contributed by atoms with E-state index in [-0.39, 0.29) is 24.8 Å². The number of carbonyl (C=O) groups is 1. The van der Waals surface area contributed by atoms with Gasteiger partial charge in [-0.25, -0.2) is 0 Å². The normalized spacial score (nSPS) is 19.7. The Balaban J connectivity index is 0. The molecule has 0 aromatic rings. The van der Waals surface area contributed by atoms with Crippen molar-refractivity contribution in [2.75, 3.05) is 0 Å². The molecule has 0 aromatic heterocycles. The molecular formula is C6H13Cl2NO2. The Morgan fingerprint density at radius 3 is 1.82 bits per heavy atom. The highest BCUT2D eigenvalue weighted by Gasteiger charge is 2.36. The van der Waals surface area contributed by atoms with E-state index >= 15 is 0 Å². The molecule has 0 heterocycles. The number of hydrogen-bond donors (Lipinski definition) is 2. The molecule has 0 unspecified atom stereocenters. The maximum atomic E-state index is 10.4. The van der Waals surface area contributed by atoms with Crippen molar-refractivity contribution < 1.29 is 9.90 Å². The molecule has 68 valence electrons. The smallest absolute Gasteiger partial charge is 0.323 e. The van der Waals surface area contributed by atoms with Crippen molar-refractivity contribution in [3.05, 3.63) is 0 Å². The van der Waals surface area contributed by atoms with Crippen LogP contribution >= 0.6 is 24.8 Å². The summed E-state index contributed by atoms with van der Waals surface area (Å²) < 4.78 is 0. The lowest BCUT2D eigenvalue weighted by Gasteiger charge is -2.15. The van der Waals surface area contributed by atoms with Crippen molar-refractivity contribution in [3.8, 4) is 0 Å². The van der Waals surface area contributed by atoms with Gasteiger partial charge in [-0.1, -0.05) is 12.8 Å². The monoisotopic (exact) mass is 201 g/mol. The van der Waals surface area contributed by atoms with Crippen LogP contribution in [0.4, 0.5) is 0 Å². The maximum Gasteiger partial charge on any atom is 0.323 e. The molecule has 1 rings (SSSR count). The summed E-state index contributed by atoms with van der Waals surface area (Å²) >= 11 is 0. The molecule has 0 atom stereocenters. The fourth-order valence-electron chi connectivity index (χ4n) is 1.22. The van der Waals surface area contributed by atoms with Gasteiger partial charge in [0, 0.05) is 0 Å². The molecule has 0 aromatic carbocycles. The molecule has 0 radical (unpaired) electrons. The summed E-state index contributed by atoms with van der Waals surface area (Å²) in [5.41, 5.74) is 4.61. The van der Waals surface area contributed by atoms with Gasteiger partial charge in [0.2, 0.25) is 0 Å². The van der Waals surface area contributed by atoms with E-state index in [1.165, 1.54) is 0 Å². The lowest BCUT2D eigenvalue weighted by atomic mass is 10.0. The Labute approximate surface area is 78.2 Å². The van der Waals surface area contributed by atoms with E-state index in [1.54, 1.807) is 0 Å². The Hall–Kier alpha value is 0.01000. The van der Waals surface area contributed by atoms with Crippen LogP contribution in [0.2, 0.25) is 0 Å². The van der Waals surface area contributed by atoms with Crippen LogP contribution in [-0.4, -0.2) is 16.6 Å². The second-order valence-corrected chi connectivity index (χ2v) is 2.67. The summed E-state index contributed by atoms with van der Waals surface area (Å²) in [4.78, 5) is 10.4. The van der Waals surface area contributed by atoms with E-state index in [2.05, 4.69) is 0 Å². The van der Waals surface area contributed by atoms with Gasteiger partial charge in [-0.15, -0.1) is 24.8 Å². The van der Waals surface area contributed by atoms with Crippen molar-refractivity contribution in [2.45, 2.75) is 31.2 Å². The van der Waals surface area contributed by atoms with Crippen molar-refractivity contribution in [1.82, 2.24) is 0 Å². The van der Waals surface area contributed by atoms with Gasteiger partial charge in [0.25, 0.3) is 0 Å². The van der Waals surface area contributed by atoms with Crippen LogP contribution in [0.5, 0.6) is 0 Å². The van der Waals surface area contributed by atoms with Gasteiger partial charge < -0.3 is 10.8 Å². The average Bonchev–Trinajstić information content (AvgIpc) is 2.16. The first kappa shape index (κ1) is 13.6. The zero-order chi connectivity index (χ0) is 6.91. The maximum absolute atomic E-state index is 10.4. The van der Waals surface area contributed by atoms with E-state index in [9.17, 15) is 4.79 Å². The van der Waals surface area contributed by atoms with Crippen LogP contribution in [0.25, 0.3) is 0 Å². The quantitative estimate of drug-likeness (QED) is 0.671. The molecule has 1 aliphatic rings. The first-order valence-corrected chi connectivity index (χ1v) is 3.17. The fraction of sp³-hybridized carbons (Fsp3) is 0.833. The molecule has 1 fully saturated rings. The van der Waals surface area contributed by atoms with Crippen molar-refractivity contribution in [3.63, 3.8) is 0 Å². The predicted octanol–water partition coefficient (Wildman–Crippen LogP) is 1.19. The van der Waals surface area contributed by atoms with Crippen molar-refractivity contribution >= 4 is 30.8 Å². The topological polar surface area (TPSA) is 63.3 Å². The van der Waals surface area contributed by atoms with Gasteiger partial charge >= 0.3 is 5.97 Å². The molecule has 0 bridgehead atoms. The third-order valence-corrected chi connectivity index (χ3v) is 1.92. The first-order valence-electron chi connectivity index (χ1n) is 3.17. The van der Waals surface area contributed by atoms with Crippen molar-refractivity contribution in [1.29, 1.82) is 0 Å². The van der Waals surface area contributed by atoms with Crippen LogP contribution in [0.1, 0.15) is 25.7 Å². The van der Waals surface area contributed by atoms with Gasteiger partial charge in [0.05, 0.1) is 0 Å². The van der Waals surface area contributed by atoms with E-state index in [4.69, 9.17) is 10.8 Å². The third kappa shape index (κ3) is 2.85. The van der Waals surface area contributed by atoms with E-state index in [0.29, 0.717) is 12.8 Å². The highest BCUT2D eigenvalue weighted by Crippen LogP contribution is 2.26. The summed E-state index contributed by atoms with van der Waals surface area (Å²) in [6.07, 6.45) is 3.20. The molecule has 1 saturated carbocycles. The molecule has 3 nitrogen and oxygen atoms in total. The molecule has 3 N–H and O–H groups in total. The van der Waals surface area contributed by atoms with Gasteiger partial charge in [0.1, 0.15) is 5.54 Å². The summed E-state index contributed by atoms with van der Waals surface area (Å²) in [6.45, 7) is 0. The standard InChI is InChI=1S/C6H11NO2.2ClH/c7-6(5(8)9)3-1-2-4-6;;/h1-4,7H2,(H,8,9);2*1H. The Morgan fingerprint density at radius 1 is 1.27 bits per heavy atom. The zero-order valence-electron chi connectivity index (χ0n) is 6.08. The summed E-state index contributed by atoms with van der Waals surface area (Å²) in [7, 11) is 0. The van der Waals surface area contributed by atoms with Crippen LogP contribution in [0.3, 0.4) is 0 Å². The fourth-order valence-corrected chi connectivity index (χ4v) is 1.22. The summed E-state index contributed by atoms with van der Waals surface area (Å²) in [6, 6.07) is 0. The highest BCUT2D eigenvalue weighted by atomic mass is 35.5. The second kappa shape index (κ2) is 4.80. The minimum atomic E-state index is -0.889. The number of hydrogen-bond acceptors (Lipinski definition) is 2. The summed E-state index contributed by atoms with van der Waals surface area (Å²) in [5.74, 6) is -0.847. The van der Waals surface area contributed by atoms with Crippen LogP contribution in [0, 0.1) is 0 Å². The van der Waals surface area contributed by atoms with Gasteiger partial charge in [-0.3, -0.25) is 4.79 Å². The number of carboxylic acid groups (broad SMARTS) is 1. The first-order chi connectivity index (χ1) is 4.15. The third-order valence-electron chi connectivity index (χ3n) is 1.92. The highest BCUT2D eigenvalue weighted by molar-refractivity contribution is 5.85. The molecule has 0 saturated heterocycles. The molecule has 0 aliphatic heterocycles. The lowest BCUT2D eigenvalue weighted by molar-refractivity contribution is -0.143. The lowest BCUT2D eigenvalue weighted by Crippen LogP contribution is -2.44. The minimum absolute atomic E-state index is 0. The van der Waals surface area contributed by atoms with E-state index in [1.807, 2.05) is 0 Å². The largest absolute Gasteiger partial charge is 0.480 e. The Bertz CT molecular complexity index is 135. The average molecular weight is 202 g/mol.